The molecule has 0 bridgehead atoms. The highest BCUT2D eigenvalue weighted by molar-refractivity contribution is 6.37. The van der Waals surface area contributed by atoms with E-state index < -0.39 is 12.0 Å². The highest BCUT2D eigenvalue weighted by Gasteiger charge is 2.15. The topological polar surface area (TPSA) is 69.6 Å². The number of rotatable bonds is 4. The number of nitrogens with one attached hydrogen (secondary N) is 1. The maximum Gasteiger partial charge on any atom is 0.326 e. The summed E-state index contributed by atoms with van der Waals surface area (Å²) in [5, 5.41) is 21.1. The molecule has 1 atom stereocenters. The minimum atomic E-state index is -0.956. The maximum atomic E-state index is 10.8. The summed E-state index contributed by atoms with van der Waals surface area (Å²) in [6, 6.07) is 2.14. The van der Waals surface area contributed by atoms with Crippen molar-refractivity contribution in [1.29, 1.82) is 0 Å². The zero-order valence-corrected chi connectivity index (χ0v) is 10.0. The van der Waals surface area contributed by atoms with Crippen molar-refractivity contribution in [3.8, 4) is 5.75 Å². The van der Waals surface area contributed by atoms with Crippen molar-refractivity contribution in [2.24, 2.45) is 0 Å². The summed E-state index contributed by atoms with van der Waals surface area (Å²) in [6.07, 6.45) is 0.422. The maximum absolute atomic E-state index is 10.8. The number of carboxylic acids is 1. The number of benzene rings is 1. The molecule has 1 rings (SSSR count). The molecule has 4 nitrogen and oxygen atoms in total. The molecule has 0 radical (unpaired) electrons. The summed E-state index contributed by atoms with van der Waals surface area (Å²) in [6.45, 7) is 1.75. The molecule has 0 saturated heterocycles. The van der Waals surface area contributed by atoms with Crippen LogP contribution in [0, 0.1) is 0 Å². The largest absolute Gasteiger partial charge is 0.505 e. The first-order chi connectivity index (χ1) is 7.45. The first kappa shape index (κ1) is 12.9. The molecule has 1 aromatic rings. The summed E-state index contributed by atoms with van der Waals surface area (Å²) in [5.74, 6) is -1.17. The number of aromatic hydroxyl groups is 1. The van der Waals surface area contributed by atoms with Crippen molar-refractivity contribution in [3.63, 3.8) is 0 Å². The minimum absolute atomic E-state index is 0.0789. The van der Waals surface area contributed by atoms with Gasteiger partial charge in [0.25, 0.3) is 0 Å². The van der Waals surface area contributed by atoms with Gasteiger partial charge in [-0.25, -0.2) is 4.79 Å². The van der Waals surface area contributed by atoms with Crippen LogP contribution in [0.2, 0.25) is 10.0 Å². The number of aliphatic carboxylic acids is 1. The van der Waals surface area contributed by atoms with Gasteiger partial charge in [0.15, 0.2) is 5.75 Å². The van der Waals surface area contributed by atoms with E-state index in [1.807, 2.05) is 0 Å². The smallest absolute Gasteiger partial charge is 0.326 e. The van der Waals surface area contributed by atoms with Gasteiger partial charge in [-0.2, -0.15) is 0 Å². The van der Waals surface area contributed by atoms with Gasteiger partial charge in [0.05, 0.1) is 10.0 Å². The number of carboxylic acid groups (broad SMARTS) is 1. The zero-order valence-electron chi connectivity index (χ0n) is 8.50. The Kier molecular flexibility index (Phi) is 4.26. The van der Waals surface area contributed by atoms with E-state index in [9.17, 15) is 9.90 Å². The summed E-state index contributed by atoms with van der Waals surface area (Å²) in [7, 11) is 0. The number of phenols is 1. The normalized spacial score (nSPS) is 12.2. The molecule has 0 aliphatic rings. The van der Waals surface area contributed by atoms with E-state index in [0.717, 1.165) is 0 Å². The predicted octanol–water partition coefficient (Wildman–Crippen LogP) is 2.97. The molecule has 0 heterocycles. The van der Waals surface area contributed by atoms with Crippen LogP contribution in [-0.2, 0) is 4.79 Å². The third-order valence-corrected chi connectivity index (χ3v) is 2.64. The molecule has 0 fully saturated rings. The van der Waals surface area contributed by atoms with E-state index >= 15 is 0 Å². The first-order valence-corrected chi connectivity index (χ1v) is 5.38. The van der Waals surface area contributed by atoms with Crippen molar-refractivity contribution in [2.75, 3.05) is 5.32 Å². The van der Waals surface area contributed by atoms with Gasteiger partial charge < -0.3 is 15.5 Å². The van der Waals surface area contributed by atoms with Crippen LogP contribution in [0.3, 0.4) is 0 Å². The van der Waals surface area contributed by atoms with Gasteiger partial charge in [-0.15, -0.1) is 0 Å². The standard InChI is InChI=1S/C10H11Cl2NO3/c1-2-8(10(15)16)13-5-3-6(11)9(14)7(12)4-5/h3-4,8,13-14H,2H2,1H3,(H,15,16). The summed E-state index contributed by atoms with van der Waals surface area (Å²) < 4.78 is 0. The van der Waals surface area contributed by atoms with Crippen molar-refractivity contribution >= 4 is 34.9 Å². The van der Waals surface area contributed by atoms with E-state index in [1.165, 1.54) is 12.1 Å². The van der Waals surface area contributed by atoms with Gasteiger partial charge in [-0.05, 0) is 18.6 Å². The Morgan fingerprint density at radius 3 is 2.31 bits per heavy atom. The predicted molar refractivity (Wildman–Crippen MR) is 63.5 cm³/mol. The van der Waals surface area contributed by atoms with E-state index in [4.69, 9.17) is 28.3 Å². The van der Waals surface area contributed by atoms with Gasteiger partial charge >= 0.3 is 5.97 Å². The second-order valence-corrected chi connectivity index (χ2v) is 4.05. The van der Waals surface area contributed by atoms with Crippen LogP contribution >= 0.6 is 23.2 Å². The number of hydrogen-bond donors (Lipinski definition) is 3. The van der Waals surface area contributed by atoms with Crippen LogP contribution < -0.4 is 5.32 Å². The Labute approximate surface area is 103 Å². The van der Waals surface area contributed by atoms with Crippen molar-refractivity contribution < 1.29 is 15.0 Å². The molecule has 1 unspecified atom stereocenters. The number of carbonyl (C=O) groups is 1. The van der Waals surface area contributed by atoms with Crippen LogP contribution in [0.4, 0.5) is 5.69 Å². The van der Waals surface area contributed by atoms with E-state index in [2.05, 4.69) is 5.32 Å². The molecule has 0 aliphatic heterocycles. The van der Waals surface area contributed by atoms with Crippen LogP contribution in [0.25, 0.3) is 0 Å². The van der Waals surface area contributed by atoms with Gasteiger partial charge in [0.2, 0.25) is 0 Å². The molecule has 3 N–H and O–H groups in total. The van der Waals surface area contributed by atoms with Gasteiger partial charge in [-0.1, -0.05) is 30.1 Å². The molecule has 0 amide bonds. The fraction of sp³-hybridized carbons (Fsp3) is 0.300. The van der Waals surface area contributed by atoms with Gasteiger partial charge in [-0.3, -0.25) is 0 Å². The van der Waals surface area contributed by atoms with Crippen LogP contribution in [0.5, 0.6) is 5.75 Å². The van der Waals surface area contributed by atoms with Crippen molar-refractivity contribution in [3.05, 3.63) is 22.2 Å². The average molecular weight is 264 g/mol. The third-order valence-electron chi connectivity index (χ3n) is 2.06. The van der Waals surface area contributed by atoms with E-state index in [1.54, 1.807) is 6.92 Å². The second-order valence-electron chi connectivity index (χ2n) is 3.23. The lowest BCUT2D eigenvalue weighted by molar-refractivity contribution is -0.137. The van der Waals surface area contributed by atoms with Crippen molar-refractivity contribution in [2.45, 2.75) is 19.4 Å². The van der Waals surface area contributed by atoms with Gasteiger partial charge in [0.1, 0.15) is 6.04 Å². The zero-order chi connectivity index (χ0) is 12.3. The highest BCUT2D eigenvalue weighted by atomic mass is 35.5. The SMILES string of the molecule is CCC(Nc1cc(Cl)c(O)c(Cl)c1)C(=O)O. The fourth-order valence-electron chi connectivity index (χ4n) is 1.19. The molecule has 88 valence electrons. The van der Waals surface area contributed by atoms with E-state index in [0.29, 0.717) is 12.1 Å². The lowest BCUT2D eigenvalue weighted by Gasteiger charge is -2.14. The lowest BCUT2D eigenvalue weighted by atomic mass is 10.2. The van der Waals surface area contributed by atoms with Crippen molar-refractivity contribution in [1.82, 2.24) is 0 Å². The van der Waals surface area contributed by atoms with Crippen LogP contribution in [0.1, 0.15) is 13.3 Å². The monoisotopic (exact) mass is 263 g/mol. The first-order valence-electron chi connectivity index (χ1n) is 4.63. The second kappa shape index (κ2) is 5.27. The third kappa shape index (κ3) is 2.93. The number of halogens is 2. The highest BCUT2D eigenvalue weighted by Crippen LogP contribution is 2.34. The van der Waals surface area contributed by atoms with Gasteiger partial charge in [0, 0.05) is 5.69 Å². The molecule has 6 heteroatoms. The Bertz CT molecular complexity index is 386. The molecular formula is C10H11Cl2NO3. The molecule has 1 aromatic carbocycles. The average Bonchev–Trinajstić information content (AvgIpc) is 2.21. The lowest BCUT2D eigenvalue weighted by Crippen LogP contribution is -2.28. The number of hydrogen-bond acceptors (Lipinski definition) is 3. The van der Waals surface area contributed by atoms with Crippen LogP contribution in [0.15, 0.2) is 12.1 Å². The van der Waals surface area contributed by atoms with Crippen LogP contribution in [-0.4, -0.2) is 22.2 Å². The molecule has 16 heavy (non-hydrogen) atoms. The number of anilines is 1. The molecule has 0 aromatic heterocycles. The fourth-order valence-corrected chi connectivity index (χ4v) is 1.68. The summed E-state index contributed by atoms with van der Waals surface area (Å²) in [4.78, 5) is 10.8. The molecule has 0 spiro atoms. The summed E-state index contributed by atoms with van der Waals surface area (Å²) in [5.41, 5.74) is 0.460. The Morgan fingerprint density at radius 2 is 1.94 bits per heavy atom. The Hall–Kier alpha value is -1.13. The number of phenolic OH excluding ortho intramolecular Hbond substituents is 1. The molecule has 0 saturated carbocycles. The quantitative estimate of drug-likeness (QED) is 0.731. The minimum Gasteiger partial charge on any atom is -0.505 e. The van der Waals surface area contributed by atoms with E-state index in [-0.39, 0.29) is 15.8 Å². The summed E-state index contributed by atoms with van der Waals surface area (Å²) >= 11 is 11.4. The Balaban J connectivity index is 2.93. The Morgan fingerprint density at radius 1 is 1.44 bits per heavy atom. The molecular weight excluding hydrogens is 253 g/mol. The molecule has 0 aliphatic carbocycles.